The Hall–Kier alpha value is -0.340. The molecule has 0 radical (unpaired) electrons. The van der Waals surface area contributed by atoms with Crippen molar-refractivity contribution in [1.82, 2.24) is 0 Å². The summed E-state index contributed by atoms with van der Waals surface area (Å²) in [5, 5.41) is 27.1. The minimum Gasteiger partial charge on any atom is -0.391 e. The van der Waals surface area contributed by atoms with Gasteiger partial charge in [-0.15, -0.1) is 0 Å². The van der Waals surface area contributed by atoms with Gasteiger partial charge >= 0.3 is 7.60 Å². The van der Waals surface area contributed by atoms with E-state index in [1.54, 1.807) is 0 Å². The number of aliphatic hydroxyl groups excluding tert-OH is 3. The molecule has 0 aliphatic rings. The lowest BCUT2D eigenvalue weighted by molar-refractivity contribution is -0.870. The van der Waals surface area contributed by atoms with Crippen LogP contribution in [-0.2, 0) is 9.36 Å². The van der Waals surface area contributed by atoms with Gasteiger partial charge in [0.2, 0.25) is 0 Å². The van der Waals surface area contributed by atoms with Gasteiger partial charge in [-0.3, -0.25) is 9.36 Å². The number of rotatable bonds is 16. The van der Waals surface area contributed by atoms with E-state index in [0.717, 1.165) is 30.3 Å². The van der Waals surface area contributed by atoms with E-state index in [0.29, 0.717) is 6.42 Å². The van der Waals surface area contributed by atoms with E-state index in [4.69, 9.17) is 20.0 Å². The van der Waals surface area contributed by atoms with E-state index in [2.05, 4.69) is 28.1 Å². The van der Waals surface area contributed by atoms with Gasteiger partial charge in [-0.05, 0) is 6.42 Å². The Morgan fingerprint density at radius 3 is 1.69 bits per heavy atom. The maximum atomic E-state index is 11.6. The molecule has 0 rings (SSSR count). The number of ketones is 1. The third kappa shape index (κ3) is 22.2. The lowest BCUT2D eigenvalue weighted by Gasteiger charge is -2.21. The Balaban J connectivity index is 0. The highest BCUT2D eigenvalue weighted by Crippen LogP contribution is 2.41. The van der Waals surface area contributed by atoms with Crippen molar-refractivity contribution in [3.8, 4) is 0 Å². The average molecular weight is 443 g/mol. The van der Waals surface area contributed by atoms with Crippen molar-refractivity contribution < 1.29 is 38.9 Å². The van der Waals surface area contributed by atoms with Gasteiger partial charge in [0, 0.05) is 12.8 Å². The lowest BCUT2D eigenvalue weighted by Crippen LogP contribution is -2.36. The summed E-state index contributed by atoms with van der Waals surface area (Å²) in [7, 11) is 1.50. The Labute approximate surface area is 176 Å². The second-order valence-electron chi connectivity index (χ2n) is 8.60. The van der Waals surface area contributed by atoms with Gasteiger partial charge in [0.15, 0.2) is 11.6 Å². The van der Waals surface area contributed by atoms with E-state index in [1.165, 1.54) is 32.1 Å². The summed E-state index contributed by atoms with van der Waals surface area (Å²) in [6.07, 6.45) is 8.12. The van der Waals surface area contributed by atoms with Crippen molar-refractivity contribution >= 4 is 13.4 Å². The first kappa shape index (κ1) is 30.9. The maximum absolute atomic E-state index is 11.6. The Bertz CT molecular complexity index is 449. The molecule has 0 aromatic heterocycles. The van der Waals surface area contributed by atoms with Crippen molar-refractivity contribution in [3.63, 3.8) is 0 Å². The maximum Gasteiger partial charge on any atom is 0.353 e. The number of nitrogens with zero attached hydrogens (tertiary/aromatic N) is 1. The predicted molar refractivity (Wildman–Crippen MR) is 116 cm³/mol. The molecule has 29 heavy (non-hydrogen) atoms. The SMILES string of the molecule is CCCCCCCCCCCC(=O)C(O)CC(O)P(=O)(O)O.C[N+](C)(C)CCO. The number of hydrogen-bond donors (Lipinski definition) is 5. The highest BCUT2D eigenvalue weighted by atomic mass is 31.2. The molecule has 0 aromatic carbocycles. The number of hydrogen-bond acceptors (Lipinski definition) is 5. The molecule has 0 saturated heterocycles. The number of Topliss-reactive ketones (excluding diaryl/α,β-unsaturated/α-hetero) is 1. The molecule has 9 heteroatoms. The molecule has 0 bridgehead atoms. The quantitative estimate of drug-likeness (QED) is 0.141. The van der Waals surface area contributed by atoms with Crippen molar-refractivity contribution in [2.45, 2.75) is 89.5 Å². The zero-order chi connectivity index (χ0) is 22.9. The summed E-state index contributed by atoms with van der Waals surface area (Å²) >= 11 is 0. The fraction of sp³-hybridized carbons (Fsp3) is 0.950. The van der Waals surface area contributed by atoms with E-state index in [9.17, 15) is 14.5 Å². The van der Waals surface area contributed by atoms with Crippen molar-refractivity contribution in [3.05, 3.63) is 0 Å². The van der Waals surface area contributed by atoms with Gasteiger partial charge in [-0.1, -0.05) is 58.3 Å². The highest BCUT2D eigenvalue weighted by Gasteiger charge is 2.30. The standard InChI is InChI=1S/C15H31O6P.C5H14NO/c1-2-3-4-5-6-7-8-9-10-11-13(16)14(17)12-15(18)22(19,20)21;1-6(2,3)4-5-7/h14-15,17-18H,2-12H2,1H3,(H2,19,20,21);7H,4-5H2,1-3H3/q;+1. The van der Waals surface area contributed by atoms with Crippen LogP contribution in [0.5, 0.6) is 0 Å². The molecule has 176 valence electrons. The molecule has 0 spiro atoms. The second kappa shape index (κ2) is 17.4. The first-order valence-electron chi connectivity index (χ1n) is 10.7. The fourth-order valence-corrected chi connectivity index (χ4v) is 3.02. The molecule has 5 N–H and O–H groups in total. The van der Waals surface area contributed by atoms with E-state index in [1.807, 2.05) is 0 Å². The van der Waals surface area contributed by atoms with Crippen LogP contribution in [0, 0.1) is 0 Å². The molecule has 0 aliphatic heterocycles. The average Bonchev–Trinajstić information content (AvgIpc) is 2.58. The highest BCUT2D eigenvalue weighted by molar-refractivity contribution is 7.52. The Kier molecular flexibility index (Phi) is 18.5. The van der Waals surface area contributed by atoms with E-state index >= 15 is 0 Å². The van der Waals surface area contributed by atoms with Gasteiger partial charge in [0.05, 0.1) is 27.7 Å². The third-order valence-electron chi connectivity index (χ3n) is 4.49. The molecule has 0 heterocycles. The fourth-order valence-electron chi connectivity index (χ4n) is 2.54. The Morgan fingerprint density at radius 2 is 1.34 bits per heavy atom. The molecular weight excluding hydrogens is 397 g/mol. The van der Waals surface area contributed by atoms with Gasteiger partial charge in [-0.2, -0.15) is 0 Å². The van der Waals surface area contributed by atoms with Crippen molar-refractivity contribution in [2.75, 3.05) is 34.3 Å². The van der Waals surface area contributed by atoms with Crippen LogP contribution < -0.4 is 0 Å². The van der Waals surface area contributed by atoms with Crippen LogP contribution in [0.4, 0.5) is 0 Å². The van der Waals surface area contributed by atoms with Crippen LogP contribution in [0.25, 0.3) is 0 Å². The normalized spacial score (nSPS) is 14.1. The summed E-state index contributed by atoms with van der Waals surface area (Å²) in [5.74, 6) is -2.44. The molecular formula is C20H45NO7P+. The summed E-state index contributed by atoms with van der Waals surface area (Å²) in [4.78, 5) is 29.0. The minimum atomic E-state index is -4.66. The number of quaternary nitrogens is 1. The van der Waals surface area contributed by atoms with E-state index in [-0.39, 0.29) is 13.0 Å². The number of likely N-dealkylation sites (N-methyl/N-ethyl adjacent to an activating group) is 1. The van der Waals surface area contributed by atoms with Gasteiger partial charge in [-0.25, -0.2) is 0 Å². The lowest BCUT2D eigenvalue weighted by atomic mass is 10.0. The number of carbonyl (C=O) groups is 1. The zero-order valence-corrected chi connectivity index (χ0v) is 19.7. The van der Waals surface area contributed by atoms with Gasteiger partial charge in [0.25, 0.3) is 0 Å². The van der Waals surface area contributed by atoms with Crippen LogP contribution in [0.3, 0.4) is 0 Å². The molecule has 0 saturated carbocycles. The second-order valence-corrected chi connectivity index (χ2v) is 10.4. The number of aliphatic hydroxyl groups is 3. The van der Waals surface area contributed by atoms with Crippen LogP contribution in [0.15, 0.2) is 0 Å². The summed E-state index contributed by atoms with van der Waals surface area (Å²) in [5.41, 5.74) is 0. The molecule has 2 atom stereocenters. The zero-order valence-electron chi connectivity index (χ0n) is 18.8. The third-order valence-corrected chi connectivity index (χ3v) is 5.48. The molecule has 2 unspecified atom stereocenters. The number of carbonyl (C=O) groups excluding carboxylic acids is 1. The molecule has 0 aromatic rings. The molecule has 0 amide bonds. The first-order valence-corrected chi connectivity index (χ1v) is 12.4. The van der Waals surface area contributed by atoms with Crippen molar-refractivity contribution in [1.29, 1.82) is 0 Å². The first-order chi connectivity index (χ1) is 13.3. The largest absolute Gasteiger partial charge is 0.391 e. The van der Waals surface area contributed by atoms with Gasteiger partial charge in [0.1, 0.15) is 12.6 Å². The smallest absolute Gasteiger partial charge is 0.353 e. The van der Waals surface area contributed by atoms with E-state index < -0.39 is 31.7 Å². The predicted octanol–water partition coefficient (Wildman–Crippen LogP) is 2.41. The van der Waals surface area contributed by atoms with Crippen LogP contribution in [-0.4, -0.2) is 81.6 Å². The number of unbranched alkanes of at least 4 members (excludes halogenated alkanes) is 8. The molecule has 0 aliphatic carbocycles. The van der Waals surface area contributed by atoms with Gasteiger partial charge < -0.3 is 29.6 Å². The minimum absolute atomic E-state index is 0.185. The summed E-state index contributed by atoms with van der Waals surface area (Å²) < 4.78 is 11.6. The van der Waals surface area contributed by atoms with Crippen LogP contribution in [0.2, 0.25) is 0 Å². The monoisotopic (exact) mass is 442 g/mol. The van der Waals surface area contributed by atoms with Crippen LogP contribution in [0.1, 0.15) is 77.6 Å². The molecule has 0 fully saturated rings. The topological polar surface area (TPSA) is 135 Å². The summed E-state index contributed by atoms with van der Waals surface area (Å²) in [6, 6.07) is 0. The van der Waals surface area contributed by atoms with Crippen molar-refractivity contribution in [2.24, 2.45) is 0 Å². The Morgan fingerprint density at radius 1 is 0.897 bits per heavy atom. The summed E-state index contributed by atoms with van der Waals surface area (Å²) in [6.45, 7) is 3.30. The molecule has 8 nitrogen and oxygen atoms in total. The van der Waals surface area contributed by atoms with Crippen LogP contribution >= 0.6 is 7.60 Å².